The van der Waals surface area contributed by atoms with Gasteiger partial charge in [-0.2, -0.15) is 0 Å². The number of rotatable bonds is 4. The fraction of sp³-hybridized carbons (Fsp3) is 0.312. The molecule has 1 aliphatic rings. The quantitative estimate of drug-likeness (QED) is 0.868. The second-order valence-corrected chi connectivity index (χ2v) is 5.32. The van der Waals surface area contributed by atoms with Crippen molar-refractivity contribution in [3.63, 3.8) is 0 Å². The fourth-order valence-electron chi connectivity index (χ4n) is 2.74. The predicted molar refractivity (Wildman–Crippen MR) is 86.1 cm³/mol. The van der Waals surface area contributed by atoms with Gasteiger partial charge >= 0.3 is 0 Å². The summed E-state index contributed by atoms with van der Waals surface area (Å²) in [6.07, 6.45) is 9.87. The average Bonchev–Trinajstić information content (AvgIpc) is 2.62. The van der Waals surface area contributed by atoms with E-state index in [9.17, 15) is 4.79 Å². The van der Waals surface area contributed by atoms with Crippen molar-refractivity contribution >= 4 is 17.7 Å². The van der Waals surface area contributed by atoms with Gasteiger partial charge in [-0.3, -0.25) is 9.78 Å². The number of likely N-dealkylation sites (tertiary alicyclic amines) is 1. The molecule has 7 heteroatoms. The van der Waals surface area contributed by atoms with Crippen LogP contribution in [0.5, 0.6) is 0 Å². The molecule has 0 radical (unpaired) electrons. The minimum atomic E-state index is -0.0421. The highest BCUT2D eigenvalue weighted by Gasteiger charge is 2.26. The summed E-state index contributed by atoms with van der Waals surface area (Å²) in [4.78, 5) is 30.8. The standard InChI is InChI=1S/C16H18N6O/c1-2-13(23)22-10-3-5-12(11-22)14-15(18-9-8-17-14)21-16-19-6-4-7-20-16/h2,4,6-9,12H,1,3,5,10-11H2,(H,18,19,20,21)/t12-/m0/s1. The van der Waals surface area contributed by atoms with E-state index in [2.05, 4.69) is 31.8 Å². The minimum absolute atomic E-state index is 0.0421. The Morgan fingerprint density at radius 3 is 2.78 bits per heavy atom. The molecule has 7 nitrogen and oxygen atoms in total. The third kappa shape index (κ3) is 3.50. The van der Waals surface area contributed by atoms with Crippen molar-refractivity contribution in [3.05, 3.63) is 49.2 Å². The Balaban J connectivity index is 1.82. The van der Waals surface area contributed by atoms with Gasteiger partial charge in [0.15, 0.2) is 5.82 Å². The lowest BCUT2D eigenvalue weighted by molar-refractivity contribution is -0.127. The first-order chi connectivity index (χ1) is 11.3. The zero-order valence-electron chi connectivity index (χ0n) is 12.7. The molecule has 1 aliphatic heterocycles. The molecule has 1 amide bonds. The first-order valence-electron chi connectivity index (χ1n) is 7.54. The van der Waals surface area contributed by atoms with E-state index < -0.39 is 0 Å². The molecule has 0 unspecified atom stereocenters. The number of aromatic nitrogens is 4. The Bertz CT molecular complexity index is 690. The van der Waals surface area contributed by atoms with Gasteiger partial charge in [0.2, 0.25) is 11.9 Å². The van der Waals surface area contributed by atoms with E-state index in [4.69, 9.17) is 0 Å². The van der Waals surface area contributed by atoms with Crippen LogP contribution in [0.1, 0.15) is 24.5 Å². The number of nitrogens with one attached hydrogen (secondary N) is 1. The maximum atomic E-state index is 11.9. The summed E-state index contributed by atoms with van der Waals surface area (Å²) >= 11 is 0. The van der Waals surface area contributed by atoms with Crippen LogP contribution in [-0.4, -0.2) is 43.8 Å². The van der Waals surface area contributed by atoms with Gasteiger partial charge in [-0.05, 0) is 25.0 Å². The van der Waals surface area contributed by atoms with Crippen LogP contribution in [0.25, 0.3) is 0 Å². The molecule has 0 spiro atoms. The van der Waals surface area contributed by atoms with Gasteiger partial charge in [-0.1, -0.05) is 6.58 Å². The van der Waals surface area contributed by atoms with Gasteiger partial charge in [0.05, 0.1) is 5.69 Å². The van der Waals surface area contributed by atoms with Crippen LogP contribution in [0.2, 0.25) is 0 Å². The van der Waals surface area contributed by atoms with Crippen molar-refractivity contribution in [1.82, 2.24) is 24.8 Å². The Morgan fingerprint density at radius 2 is 2.00 bits per heavy atom. The molecule has 2 aromatic heterocycles. The van der Waals surface area contributed by atoms with E-state index in [1.807, 2.05) is 0 Å². The number of carbonyl (C=O) groups is 1. The molecular weight excluding hydrogens is 292 g/mol. The van der Waals surface area contributed by atoms with Crippen LogP contribution in [0.15, 0.2) is 43.5 Å². The van der Waals surface area contributed by atoms with E-state index >= 15 is 0 Å². The highest BCUT2D eigenvalue weighted by Crippen LogP contribution is 2.30. The van der Waals surface area contributed by atoms with Gasteiger partial charge in [0.1, 0.15) is 0 Å². The Labute approximate surface area is 134 Å². The lowest BCUT2D eigenvalue weighted by atomic mass is 9.94. The molecule has 0 saturated carbocycles. The highest BCUT2D eigenvalue weighted by atomic mass is 16.2. The number of carbonyl (C=O) groups excluding carboxylic acids is 1. The molecule has 3 rings (SSSR count). The lowest BCUT2D eigenvalue weighted by Crippen LogP contribution is -2.38. The van der Waals surface area contributed by atoms with Gasteiger partial charge in [0, 0.05) is 43.8 Å². The lowest BCUT2D eigenvalue weighted by Gasteiger charge is -2.32. The molecule has 1 N–H and O–H groups in total. The molecule has 1 fully saturated rings. The van der Waals surface area contributed by atoms with Crippen molar-refractivity contribution in [2.45, 2.75) is 18.8 Å². The molecular formula is C16H18N6O. The van der Waals surface area contributed by atoms with Gasteiger partial charge in [-0.15, -0.1) is 0 Å². The summed E-state index contributed by atoms with van der Waals surface area (Å²) in [6, 6.07) is 1.75. The molecule has 1 saturated heterocycles. The molecule has 1 atom stereocenters. The van der Waals surface area contributed by atoms with Gasteiger partial charge < -0.3 is 10.2 Å². The second-order valence-electron chi connectivity index (χ2n) is 5.32. The van der Waals surface area contributed by atoms with Gasteiger partial charge in [-0.25, -0.2) is 15.0 Å². The minimum Gasteiger partial charge on any atom is -0.339 e. The van der Waals surface area contributed by atoms with Crippen LogP contribution in [0.4, 0.5) is 11.8 Å². The van der Waals surface area contributed by atoms with Crippen LogP contribution in [-0.2, 0) is 4.79 Å². The van der Waals surface area contributed by atoms with E-state index in [0.717, 1.165) is 25.1 Å². The zero-order valence-corrected chi connectivity index (χ0v) is 12.7. The number of nitrogens with zero attached hydrogens (tertiary/aromatic N) is 5. The Kier molecular flexibility index (Phi) is 4.56. The second kappa shape index (κ2) is 6.95. The summed E-state index contributed by atoms with van der Waals surface area (Å²) in [5, 5.41) is 3.11. The molecule has 0 aliphatic carbocycles. The number of hydrogen-bond acceptors (Lipinski definition) is 6. The van der Waals surface area contributed by atoms with Crippen LogP contribution < -0.4 is 5.32 Å². The Hall–Kier alpha value is -2.83. The number of amides is 1. The van der Waals surface area contributed by atoms with Crippen molar-refractivity contribution in [3.8, 4) is 0 Å². The summed E-state index contributed by atoms with van der Waals surface area (Å²) in [7, 11) is 0. The third-order valence-corrected chi connectivity index (χ3v) is 3.82. The number of hydrogen-bond donors (Lipinski definition) is 1. The predicted octanol–water partition coefficient (Wildman–Crippen LogP) is 1.90. The van der Waals surface area contributed by atoms with Crippen LogP contribution in [0, 0.1) is 0 Å². The summed E-state index contributed by atoms with van der Waals surface area (Å²) in [6.45, 7) is 4.93. The first-order valence-corrected chi connectivity index (χ1v) is 7.54. The molecule has 0 aromatic carbocycles. The van der Waals surface area contributed by atoms with E-state index in [1.165, 1.54) is 6.08 Å². The highest BCUT2D eigenvalue weighted by molar-refractivity contribution is 5.87. The van der Waals surface area contributed by atoms with Crippen molar-refractivity contribution in [1.29, 1.82) is 0 Å². The summed E-state index contributed by atoms with van der Waals surface area (Å²) in [5.41, 5.74) is 0.835. The van der Waals surface area contributed by atoms with Crippen LogP contribution >= 0.6 is 0 Å². The van der Waals surface area contributed by atoms with Gasteiger partial charge in [0.25, 0.3) is 0 Å². The van der Waals surface area contributed by atoms with E-state index in [0.29, 0.717) is 18.3 Å². The SMILES string of the molecule is C=CC(=O)N1CCC[C@H](c2nccnc2Nc2ncccn2)C1. The van der Waals surface area contributed by atoms with E-state index in [1.54, 1.807) is 35.8 Å². The van der Waals surface area contributed by atoms with Crippen molar-refractivity contribution in [2.75, 3.05) is 18.4 Å². The fourth-order valence-corrected chi connectivity index (χ4v) is 2.74. The van der Waals surface area contributed by atoms with E-state index in [-0.39, 0.29) is 11.8 Å². The summed E-state index contributed by atoms with van der Waals surface area (Å²) < 4.78 is 0. The van der Waals surface area contributed by atoms with Crippen LogP contribution in [0.3, 0.4) is 0 Å². The largest absolute Gasteiger partial charge is 0.339 e. The number of piperidine rings is 1. The maximum Gasteiger partial charge on any atom is 0.245 e. The normalized spacial score (nSPS) is 17.6. The first kappa shape index (κ1) is 15.1. The molecule has 2 aromatic rings. The third-order valence-electron chi connectivity index (χ3n) is 3.82. The monoisotopic (exact) mass is 310 g/mol. The number of anilines is 2. The molecule has 118 valence electrons. The molecule has 23 heavy (non-hydrogen) atoms. The Morgan fingerprint density at radius 1 is 1.22 bits per heavy atom. The topological polar surface area (TPSA) is 83.9 Å². The van der Waals surface area contributed by atoms with Crippen molar-refractivity contribution in [2.24, 2.45) is 0 Å². The maximum absolute atomic E-state index is 11.9. The molecule has 0 bridgehead atoms. The molecule has 3 heterocycles. The summed E-state index contributed by atoms with van der Waals surface area (Å²) in [5.74, 6) is 1.20. The zero-order chi connectivity index (χ0) is 16.1. The van der Waals surface area contributed by atoms with Crippen molar-refractivity contribution < 1.29 is 4.79 Å². The smallest absolute Gasteiger partial charge is 0.245 e. The average molecular weight is 310 g/mol.